The second-order valence-electron chi connectivity index (χ2n) is 5.03. The van der Waals surface area contributed by atoms with E-state index in [1.807, 2.05) is 0 Å². The van der Waals surface area contributed by atoms with Gasteiger partial charge in [-0.3, -0.25) is 4.79 Å². The van der Waals surface area contributed by atoms with Crippen LogP contribution in [0.2, 0.25) is 0 Å². The molecule has 0 atom stereocenters. The zero-order valence-corrected chi connectivity index (χ0v) is 11.8. The topological polar surface area (TPSA) is 57.5 Å². The largest absolute Gasteiger partial charge is 0.514 e. The van der Waals surface area contributed by atoms with E-state index in [2.05, 4.69) is 4.74 Å². The van der Waals surface area contributed by atoms with E-state index in [1.54, 1.807) is 11.5 Å². The van der Waals surface area contributed by atoms with Crippen LogP contribution in [0.3, 0.4) is 0 Å². The molecule has 0 unspecified atom stereocenters. The van der Waals surface area contributed by atoms with Crippen molar-refractivity contribution in [2.24, 2.45) is 0 Å². The zero-order valence-electron chi connectivity index (χ0n) is 11.8. The maximum Gasteiger partial charge on any atom is 0.514 e. The second-order valence-corrected chi connectivity index (χ2v) is 5.03. The van der Waals surface area contributed by atoms with Crippen LogP contribution in [0.25, 0.3) is 10.9 Å². The van der Waals surface area contributed by atoms with Gasteiger partial charge in [0.1, 0.15) is 0 Å². The first kappa shape index (κ1) is 14.5. The van der Waals surface area contributed by atoms with Crippen LogP contribution in [-0.2, 0) is 4.74 Å². The highest BCUT2D eigenvalue weighted by atomic mass is 19.2. The molecule has 1 fully saturated rings. The van der Waals surface area contributed by atoms with Crippen molar-refractivity contribution in [1.29, 1.82) is 0 Å². The number of nitrogens with zero attached hydrogens (tertiary/aromatic N) is 1. The molecule has 1 saturated carbocycles. The van der Waals surface area contributed by atoms with E-state index in [9.17, 15) is 18.4 Å². The monoisotopic (exact) mass is 309 g/mol. The summed E-state index contributed by atoms with van der Waals surface area (Å²) >= 11 is 0. The summed E-state index contributed by atoms with van der Waals surface area (Å²) in [5.41, 5.74) is -0.401. The van der Waals surface area contributed by atoms with Gasteiger partial charge in [-0.15, -0.1) is 0 Å². The lowest BCUT2D eigenvalue weighted by molar-refractivity contribution is 0.104. The van der Waals surface area contributed by atoms with E-state index in [0.29, 0.717) is 0 Å². The van der Waals surface area contributed by atoms with Crippen LogP contribution in [0.5, 0.6) is 5.75 Å². The number of fused-ring (bicyclic) bond motifs is 1. The van der Waals surface area contributed by atoms with Crippen molar-refractivity contribution in [2.45, 2.75) is 25.8 Å². The number of aromatic nitrogens is 1. The smallest absolute Gasteiger partial charge is 0.434 e. The quantitative estimate of drug-likeness (QED) is 0.817. The Labute approximate surface area is 124 Å². The molecular weight excluding hydrogens is 296 g/mol. The average Bonchev–Trinajstić information content (AvgIpc) is 3.29. The normalized spacial score (nSPS) is 14.1. The van der Waals surface area contributed by atoms with E-state index < -0.39 is 23.2 Å². The molecule has 0 bridgehead atoms. The Morgan fingerprint density at radius 3 is 2.64 bits per heavy atom. The lowest BCUT2D eigenvalue weighted by atomic mass is 10.2. The first-order valence-corrected chi connectivity index (χ1v) is 6.89. The summed E-state index contributed by atoms with van der Waals surface area (Å²) in [6, 6.07) is 1.89. The van der Waals surface area contributed by atoms with Crippen molar-refractivity contribution < 1.29 is 23.0 Å². The molecule has 2 aromatic rings. The summed E-state index contributed by atoms with van der Waals surface area (Å²) < 4.78 is 38.0. The molecule has 0 N–H and O–H groups in total. The van der Waals surface area contributed by atoms with Gasteiger partial charge in [0.25, 0.3) is 0 Å². The van der Waals surface area contributed by atoms with Crippen LogP contribution in [0.4, 0.5) is 13.6 Å². The lowest BCUT2D eigenvalue weighted by Crippen LogP contribution is -2.18. The van der Waals surface area contributed by atoms with Crippen LogP contribution in [-0.4, -0.2) is 17.3 Å². The number of halogens is 2. The maximum atomic E-state index is 13.5. The molecule has 1 heterocycles. The van der Waals surface area contributed by atoms with Gasteiger partial charge >= 0.3 is 6.16 Å². The maximum absolute atomic E-state index is 13.5. The third-order valence-corrected chi connectivity index (χ3v) is 3.44. The molecule has 1 aromatic carbocycles. The molecule has 116 valence electrons. The van der Waals surface area contributed by atoms with E-state index >= 15 is 0 Å². The second kappa shape index (κ2) is 5.40. The first-order valence-electron chi connectivity index (χ1n) is 6.89. The van der Waals surface area contributed by atoms with E-state index in [1.165, 1.54) is 6.20 Å². The number of hydrogen-bond donors (Lipinski definition) is 0. The number of ether oxygens (including phenoxy) is 2. The number of rotatable bonds is 3. The van der Waals surface area contributed by atoms with E-state index in [0.717, 1.165) is 25.0 Å². The Balaban J connectivity index is 2.18. The highest BCUT2D eigenvalue weighted by Crippen LogP contribution is 2.37. The zero-order chi connectivity index (χ0) is 15.9. The molecule has 0 aliphatic heterocycles. The van der Waals surface area contributed by atoms with Gasteiger partial charge in [0.2, 0.25) is 5.43 Å². The van der Waals surface area contributed by atoms with Gasteiger partial charge in [0.05, 0.1) is 23.7 Å². The van der Waals surface area contributed by atoms with Gasteiger partial charge in [-0.05, 0) is 25.8 Å². The van der Waals surface area contributed by atoms with Crippen molar-refractivity contribution >= 4 is 17.1 Å². The molecule has 1 aromatic heterocycles. The molecule has 0 radical (unpaired) electrons. The minimum Gasteiger partial charge on any atom is -0.434 e. The predicted octanol–water partition coefficient (Wildman–Crippen LogP) is 3.15. The molecule has 22 heavy (non-hydrogen) atoms. The lowest BCUT2D eigenvalue weighted by Gasteiger charge is -2.13. The van der Waals surface area contributed by atoms with Gasteiger partial charge in [-0.25, -0.2) is 13.6 Å². The van der Waals surface area contributed by atoms with Gasteiger partial charge in [-0.2, -0.15) is 0 Å². The number of pyridine rings is 1. The third kappa shape index (κ3) is 2.54. The number of carbonyl (C=O) groups is 1. The Morgan fingerprint density at radius 1 is 1.32 bits per heavy atom. The van der Waals surface area contributed by atoms with Crippen molar-refractivity contribution in [3.8, 4) is 5.75 Å². The molecule has 7 heteroatoms. The molecular formula is C15H13F2NO4. The standard InChI is InChI=1S/C15H13F2NO4/c1-2-21-15(20)22-13-7-18(8-3-4-8)12-6-11(17)10(16)5-9(12)14(13)19/h5-8H,2-4H2,1H3. The predicted molar refractivity (Wildman–Crippen MR) is 74.0 cm³/mol. The molecule has 1 aliphatic carbocycles. The first-order chi connectivity index (χ1) is 10.5. The fourth-order valence-corrected chi connectivity index (χ4v) is 2.28. The van der Waals surface area contributed by atoms with Crippen molar-refractivity contribution in [3.05, 3.63) is 40.2 Å². The number of carbonyl (C=O) groups excluding carboxylic acids is 1. The minimum absolute atomic E-state index is 0.0346. The van der Waals surface area contributed by atoms with Gasteiger partial charge in [0.15, 0.2) is 17.4 Å². The van der Waals surface area contributed by atoms with Gasteiger partial charge in [-0.1, -0.05) is 0 Å². The van der Waals surface area contributed by atoms with E-state index in [4.69, 9.17) is 4.74 Å². The summed E-state index contributed by atoms with van der Waals surface area (Å²) in [6.45, 7) is 1.70. The molecule has 0 amide bonds. The highest BCUT2D eigenvalue weighted by molar-refractivity contribution is 5.81. The van der Waals surface area contributed by atoms with E-state index in [-0.39, 0.29) is 29.3 Å². The van der Waals surface area contributed by atoms with Crippen LogP contribution in [0, 0.1) is 11.6 Å². The molecule has 0 saturated heterocycles. The molecule has 5 nitrogen and oxygen atoms in total. The summed E-state index contributed by atoms with van der Waals surface area (Å²) in [5.74, 6) is -2.41. The molecule has 1 aliphatic rings. The summed E-state index contributed by atoms with van der Waals surface area (Å²) in [4.78, 5) is 23.7. The van der Waals surface area contributed by atoms with Gasteiger partial charge in [0, 0.05) is 12.1 Å². The van der Waals surface area contributed by atoms with Crippen molar-refractivity contribution in [2.75, 3.05) is 6.61 Å². The Morgan fingerprint density at radius 2 is 2.00 bits per heavy atom. The summed E-state index contributed by atoms with van der Waals surface area (Å²) in [7, 11) is 0. The number of benzene rings is 1. The van der Waals surface area contributed by atoms with Crippen molar-refractivity contribution in [1.82, 2.24) is 4.57 Å². The fourth-order valence-electron chi connectivity index (χ4n) is 2.28. The molecule has 0 spiro atoms. The van der Waals surface area contributed by atoms with Crippen molar-refractivity contribution in [3.63, 3.8) is 0 Å². The molecule has 3 rings (SSSR count). The summed E-state index contributed by atoms with van der Waals surface area (Å²) in [5, 5.41) is -0.0346. The Kier molecular flexibility index (Phi) is 3.56. The van der Waals surface area contributed by atoms with Crippen LogP contribution in [0.1, 0.15) is 25.8 Å². The minimum atomic E-state index is -1.12. The van der Waals surface area contributed by atoms with Crippen LogP contribution < -0.4 is 10.2 Å². The fraction of sp³-hybridized carbons (Fsp3) is 0.333. The summed E-state index contributed by atoms with van der Waals surface area (Å²) in [6.07, 6.45) is 2.05. The highest BCUT2D eigenvalue weighted by Gasteiger charge is 2.27. The van der Waals surface area contributed by atoms with Crippen LogP contribution >= 0.6 is 0 Å². The Hall–Kier alpha value is -2.44. The Bertz CT molecular complexity index is 811. The SMILES string of the molecule is CCOC(=O)Oc1cn(C2CC2)c2cc(F)c(F)cc2c1=O. The van der Waals surface area contributed by atoms with Crippen LogP contribution in [0.15, 0.2) is 23.1 Å². The number of hydrogen-bond acceptors (Lipinski definition) is 4. The van der Waals surface area contributed by atoms with Gasteiger partial charge < -0.3 is 14.0 Å². The average molecular weight is 309 g/mol. The third-order valence-electron chi connectivity index (χ3n) is 3.44.